The van der Waals surface area contributed by atoms with Gasteiger partial charge in [-0.2, -0.15) is 0 Å². The first-order valence-electron chi connectivity index (χ1n) is 11.7. The Morgan fingerprint density at radius 1 is 0.867 bits per heavy atom. The fourth-order valence-electron chi connectivity index (χ4n) is 9.90. The van der Waals surface area contributed by atoms with E-state index in [1.54, 1.807) is 6.08 Å². The standard InChI is InChI=1S/C24H30N2O4/c1-10-11(2)26(8-7-25(10)20(27)12-5-6-13(9-12)21(28)30-4)22(29)24-17-14-18(24)16-19(24)15(17)23(14,16)3/h5-6,10-19H,7-9H2,1-4H3/t10?,11?,12-,13+,14?,15?,16?,17?,18?,19?,23?,24?/m1/s1. The van der Waals surface area contributed by atoms with Crippen LogP contribution in [0.3, 0.4) is 0 Å². The van der Waals surface area contributed by atoms with E-state index in [4.69, 9.17) is 4.74 Å². The average Bonchev–Trinajstić information content (AvgIpc) is 3.25. The Balaban J connectivity index is 1.04. The molecular weight excluding hydrogens is 380 g/mol. The van der Waals surface area contributed by atoms with E-state index in [0.717, 1.165) is 17.8 Å². The lowest BCUT2D eigenvalue weighted by atomic mass is 8.92. The van der Waals surface area contributed by atoms with Gasteiger partial charge in [-0.25, -0.2) is 0 Å². The lowest BCUT2D eigenvalue weighted by Crippen LogP contribution is -3.10. The summed E-state index contributed by atoms with van der Waals surface area (Å²) in [5.74, 6) is 4.26. The summed E-state index contributed by atoms with van der Waals surface area (Å²) in [4.78, 5) is 42.7. The first kappa shape index (κ1) is 17.8. The van der Waals surface area contributed by atoms with Gasteiger partial charge in [0.2, 0.25) is 11.8 Å². The fraction of sp³-hybridized carbons (Fsp3) is 0.792. The number of hydrogen-bond donors (Lipinski definition) is 0. The van der Waals surface area contributed by atoms with Gasteiger partial charge in [0.15, 0.2) is 0 Å². The Hall–Kier alpha value is -1.85. The number of carbonyl (C=O) groups excluding carboxylic acids is 3. The zero-order chi connectivity index (χ0) is 20.9. The summed E-state index contributed by atoms with van der Waals surface area (Å²) in [5, 5.41) is 0. The molecule has 0 N–H and O–H groups in total. The number of methoxy groups -OCH3 is 1. The van der Waals surface area contributed by atoms with Gasteiger partial charge in [0.25, 0.3) is 0 Å². The number of amides is 2. The maximum atomic E-state index is 13.7. The van der Waals surface area contributed by atoms with Crippen molar-refractivity contribution in [1.82, 2.24) is 9.80 Å². The lowest BCUT2D eigenvalue weighted by molar-refractivity contribution is -0.638. The molecule has 6 saturated carbocycles. The van der Waals surface area contributed by atoms with Gasteiger partial charge in [-0.3, -0.25) is 14.4 Å². The maximum absolute atomic E-state index is 13.7. The van der Waals surface area contributed by atoms with Crippen LogP contribution in [0.4, 0.5) is 0 Å². The zero-order valence-corrected chi connectivity index (χ0v) is 18.1. The van der Waals surface area contributed by atoms with Crippen molar-refractivity contribution < 1.29 is 19.1 Å². The van der Waals surface area contributed by atoms with Crippen LogP contribution < -0.4 is 0 Å². The summed E-state index contributed by atoms with van der Waals surface area (Å²) in [6.07, 6.45) is 4.14. The van der Waals surface area contributed by atoms with E-state index in [9.17, 15) is 14.4 Å². The summed E-state index contributed by atoms with van der Waals surface area (Å²) >= 11 is 0. The van der Waals surface area contributed by atoms with Gasteiger partial charge < -0.3 is 14.5 Å². The molecule has 7 aliphatic carbocycles. The second-order valence-electron chi connectivity index (χ2n) is 11.3. The summed E-state index contributed by atoms with van der Waals surface area (Å²) < 4.78 is 4.82. The second-order valence-corrected chi connectivity index (χ2v) is 11.3. The highest BCUT2D eigenvalue weighted by atomic mass is 16.5. The fourth-order valence-corrected chi connectivity index (χ4v) is 9.90. The molecule has 0 bridgehead atoms. The monoisotopic (exact) mass is 410 g/mol. The Morgan fingerprint density at radius 2 is 1.40 bits per heavy atom. The van der Waals surface area contributed by atoms with E-state index >= 15 is 0 Å². The molecule has 30 heavy (non-hydrogen) atoms. The number of piperazine rings is 1. The Kier molecular flexibility index (Phi) is 2.94. The molecule has 6 nitrogen and oxygen atoms in total. The van der Waals surface area contributed by atoms with E-state index < -0.39 is 0 Å². The van der Waals surface area contributed by atoms with Crippen LogP contribution in [-0.2, 0) is 19.1 Å². The van der Waals surface area contributed by atoms with Crippen LogP contribution in [0.25, 0.3) is 0 Å². The Labute approximate surface area is 177 Å². The number of nitrogens with zero attached hydrogens (tertiary/aromatic N) is 2. The minimum atomic E-state index is -0.324. The van der Waals surface area contributed by atoms with Crippen LogP contribution in [0.5, 0.6) is 0 Å². The number of rotatable bonds is 3. The highest BCUT2D eigenvalue weighted by molar-refractivity contribution is 5.93. The molecule has 7 fully saturated rings. The summed E-state index contributed by atoms with van der Waals surface area (Å²) in [6, 6.07) is 0.0267. The average molecular weight is 411 g/mol. The molecule has 2 amide bonds. The molecule has 1 heterocycles. The van der Waals surface area contributed by atoms with Crippen molar-refractivity contribution in [3.05, 3.63) is 12.2 Å². The number of hydrogen-bond acceptors (Lipinski definition) is 4. The van der Waals surface area contributed by atoms with Crippen molar-refractivity contribution in [1.29, 1.82) is 0 Å². The van der Waals surface area contributed by atoms with Crippen LogP contribution in [0.2, 0.25) is 0 Å². The molecule has 0 aromatic carbocycles. The minimum absolute atomic E-state index is 0.00866. The SMILES string of the molecule is COC(=O)[C@H]1C=C[C@@H](C(=O)N2CCN(C(=O)C34C5C6C3C3C4C5C63C)C(C)C2C)C1. The normalized spacial score (nSPS) is 57.3. The Bertz CT molecular complexity index is 886. The molecule has 0 spiro atoms. The smallest absolute Gasteiger partial charge is 0.312 e. The quantitative estimate of drug-likeness (QED) is 0.523. The predicted octanol–water partition coefficient (Wildman–Crippen LogP) is 1.56. The molecule has 6 heteroatoms. The number of carbonyl (C=O) groups is 3. The van der Waals surface area contributed by atoms with Gasteiger partial charge in [-0.15, -0.1) is 0 Å². The lowest BCUT2D eigenvalue weighted by Gasteiger charge is -3.10. The molecule has 0 aromatic heterocycles. The molecule has 1 saturated heterocycles. The summed E-state index contributed by atoms with van der Waals surface area (Å²) in [6.45, 7) is 7.86. The highest BCUT2D eigenvalue weighted by Crippen LogP contribution is 3.10. The van der Waals surface area contributed by atoms with Gasteiger partial charge >= 0.3 is 5.97 Å². The van der Waals surface area contributed by atoms with Crippen molar-refractivity contribution in [2.75, 3.05) is 20.2 Å². The Morgan fingerprint density at radius 3 is 2.00 bits per heavy atom. The van der Waals surface area contributed by atoms with Crippen LogP contribution >= 0.6 is 0 Å². The third kappa shape index (κ3) is 1.41. The van der Waals surface area contributed by atoms with Crippen LogP contribution in [0.1, 0.15) is 27.2 Å². The van der Waals surface area contributed by atoms with Crippen molar-refractivity contribution in [2.45, 2.75) is 39.3 Å². The second kappa shape index (κ2) is 4.97. The first-order chi connectivity index (χ1) is 14.3. The van der Waals surface area contributed by atoms with E-state index in [-0.39, 0.29) is 41.2 Å². The molecule has 2 unspecified atom stereocenters. The number of ether oxygens (including phenoxy) is 1. The van der Waals surface area contributed by atoms with Crippen molar-refractivity contribution in [2.24, 2.45) is 58.2 Å². The molecule has 8 aliphatic rings. The van der Waals surface area contributed by atoms with E-state index in [1.165, 1.54) is 7.11 Å². The highest BCUT2D eigenvalue weighted by Gasteiger charge is 3.10. The van der Waals surface area contributed by atoms with Crippen LogP contribution in [-0.4, -0.2) is 59.9 Å². The van der Waals surface area contributed by atoms with E-state index in [0.29, 0.717) is 48.6 Å². The van der Waals surface area contributed by atoms with Crippen molar-refractivity contribution >= 4 is 17.8 Å². The van der Waals surface area contributed by atoms with Crippen LogP contribution in [0, 0.1) is 58.2 Å². The van der Waals surface area contributed by atoms with E-state index in [1.807, 2.05) is 11.0 Å². The van der Waals surface area contributed by atoms with Gasteiger partial charge in [-0.05, 0) is 61.2 Å². The van der Waals surface area contributed by atoms with E-state index in [2.05, 4.69) is 25.7 Å². The van der Waals surface area contributed by atoms with Crippen molar-refractivity contribution in [3.8, 4) is 0 Å². The minimum Gasteiger partial charge on any atom is -0.469 e. The van der Waals surface area contributed by atoms with Gasteiger partial charge in [0, 0.05) is 25.2 Å². The molecule has 0 radical (unpaired) electrons. The van der Waals surface area contributed by atoms with Gasteiger partial charge in [0.05, 0.1) is 24.4 Å². The molecule has 8 rings (SSSR count). The van der Waals surface area contributed by atoms with Gasteiger partial charge in [-0.1, -0.05) is 19.1 Å². The van der Waals surface area contributed by atoms with Crippen LogP contribution in [0.15, 0.2) is 12.2 Å². The third-order valence-corrected chi connectivity index (χ3v) is 11.2. The molecule has 1 aliphatic heterocycles. The van der Waals surface area contributed by atoms with Gasteiger partial charge in [0.1, 0.15) is 0 Å². The van der Waals surface area contributed by atoms with Crippen molar-refractivity contribution in [3.63, 3.8) is 0 Å². The topological polar surface area (TPSA) is 66.9 Å². The zero-order valence-electron chi connectivity index (χ0n) is 18.1. The third-order valence-electron chi connectivity index (χ3n) is 11.2. The first-order valence-corrected chi connectivity index (χ1v) is 11.7. The molecule has 160 valence electrons. The predicted molar refractivity (Wildman–Crippen MR) is 107 cm³/mol. The maximum Gasteiger partial charge on any atom is 0.312 e. The number of esters is 1. The largest absolute Gasteiger partial charge is 0.469 e. The summed E-state index contributed by atoms with van der Waals surface area (Å²) in [7, 11) is 1.38. The summed E-state index contributed by atoms with van der Waals surface area (Å²) in [5.41, 5.74) is 0.642. The molecule has 4 atom stereocenters. The molecule has 0 aromatic rings. The molecular formula is C24H30N2O4.